The first-order valence-corrected chi connectivity index (χ1v) is 10.1. The Bertz CT molecular complexity index is 1160. The lowest BCUT2D eigenvalue weighted by molar-refractivity contribution is -0.384. The molecule has 0 atom stereocenters. The summed E-state index contributed by atoms with van der Waals surface area (Å²) in [6, 6.07) is 19.7. The molecule has 0 aliphatic rings. The molecule has 0 aliphatic carbocycles. The van der Waals surface area contributed by atoms with E-state index in [1.165, 1.54) is 17.7 Å². The van der Waals surface area contributed by atoms with Crippen LogP contribution in [0.2, 0.25) is 0 Å². The number of methoxy groups -OCH3 is 1. The van der Waals surface area contributed by atoms with Crippen molar-refractivity contribution in [3.63, 3.8) is 0 Å². The van der Waals surface area contributed by atoms with Gasteiger partial charge in [-0.25, -0.2) is 0 Å². The largest absolute Gasteiger partial charge is 0.493 e. The number of rotatable bonds is 7. The molecule has 3 rings (SSSR count). The molecule has 6 nitrogen and oxygen atoms in total. The van der Waals surface area contributed by atoms with Gasteiger partial charge in [-0.05, 0) is 69.9 Å². The topological polar surface area (TPSA) is 85.4 Å². The van der Waals surface area contributed by atoms with Crippen molar-refractivity contribution in [2.24, 2.45) is 0 Å². The molecule has 7 heteroatoms. The van der Waals surface area contributed by atoms with E-state index in [0.29, 0.717) is 33.7 Å². The standard InChI is InChI=1S/C24H19BrN2O4/c1-16-3-5-17(6-4-16)15-31-24-22(25)12-18(13-23(24)30-2)11-20(14-26)19-7-9-21(10-8-19)27(28)29/h3-13H,15H2,1-2H3/b20-11-. The number of nitro benzene ring substituents is 1. The Morgan fingerprint density at radius 3 is 2.42 bits per heavy atom. The van der Waals surface area contributed by atoms with E-state index in [1.807, 2.05) is 37.3 Å². The number of halogens is 1. The van der Waals surface area contributed by atoms with Gasteiger partial charge in [0.25, 0.3) is 5.69 Å². The predicted molar refractivity (Wildman–Crippen MR) is 123 cm³/mol. The lowest BCUT2D eigenvalue weighted by atomic mass is 10.0. The molecule has 0 aromatic heterocycles. The zero-order chi connectivity index (χ0) is 22.4. The van der Waals surface area contributed by atoms with Crippen molar-refractivity contribution >= 4 is 33.3 Å². The van der Waals surface area contributed by atoms with Crippen LogP contribution < -0.4 is 9.47 Å². The van der Waals surface area contributed by atoms with E-state index in [1.54, 1.807) is 31.4 Å². The van der Waals surface area contributed by atoms with Gasteiger partial charge < -0.3 is 9.47 Å². The number of nitriles is 1. The zero-order valence-electron chi connectivity index (χ0n) is 17.0. The second-order valence-corrected chi connectivity index (χ2v) is 7.64. The highest BCUT2D eigenvalue weighted by molar-refractivity contribution is 9.10. The Morgan fingerprint density at radius 1 is 1.16 bits per heavy atom. The Balaban J connectivity index is 1.87. The molecule has 0 saturated heterocycles. The molecule has 3 aromatic rings. The Morgan fingerprint density at radius 2 is 1.84 bits per heavy atom. The molecule has 0 N–H and O–H groups in total. The van der Waals surface area contributed by atoms with Crippen LogP contribution in [0.4, 0.5) is 5.69 Å². The Labute approximate surface area is 188 Å². The van der Waals surface area contributed by atoms with Crippen molar-refractivity contribution in [3.8, 4) is 17.6 Å². The van der Waals surface area contributed by atoms with Gasteiger partial charge in [-0.2, -0.15) is 5.26 Å². The number of ether oxygens (including phenoxy) is 2. The third kappa shape index (κ3) is 5.50. The zero-order valence-corrected chi connectivity index (χ0v) is 18.5. The molecule has 0 fully saturated rings. The number of nitro groups is 1. The van der Waals surface area contributed by atoms with Crippen molar-refractivity contribution in [1.82, 2.24) is 0 Å². The second-order valence-electron chi connectivity index (χ2n) is 6.78. The van der Waals surface area contributed by atoms with E-state index < -0.39 is 4.92 Å². The minimum absolute atomic E-state index is 0.0273. The van der Waals surface area contributed by atoms with Gasteiger partial charge in [0.2, 0.25) is 0 Å². The normalized spacial score (nSPS) is 11.0. The van der Waals surface area contributed by atoms with Gasteiger partial charge in [0.1, 0.15) is 6.61 Å². The summed E-state index contributed by atoms with van der Waals surface area (Å²) in [6.07, 6.45) is 1.69. The van der Waals surface area contributed by atoms with Crippen molar-refractivity contribution < 1.29 is 14.4 Å². The quantitative estimate of drug-likeness (QED) is 0.171. The minimum atomic E-state index is -0.475. The summed E-state index contributed by atoms with van der Waals surface area (Å²) in [5.74, 6) is 1.09. The molecule has 0 radical (unpaired) electrons. The van der Waals surface area contributed by atoms with Gasteiger partial charge in [0.15, 0.2) is 11.5 Å². The van der Waals surface area contributed by atoms with Crippen LogP contribution in [0.3, 0.4) is 0 Å². The molecule has 156 valence electrons. The number of hydrogen-bond donors (Lipinski definition) is 0. The Kier molecular flexibility index (Phi) is 7.06. The van der Waals surface area contributed by atoms with Crippen LogP contribution in [0, 0.1) is 28.4 Å². The number of nitrogens with zero attached hydrogens (tertiary/aromatic N) is 2. The molecule has 0 spiro atoms. The highest BCUT2D eigenvalue weighted by Crippen LogP contribution is 2.38. The van der Waals surface area contributed by atoms with Crippen LogP contribution in [0.5, 0.6) is 11.5 Å². The average Bonchev–Trinajstić information content (AvgIpc) is 2.77. The number of aryl methyl sites for hydroxylation is 1. The summed E-state index contributed by atoms with van der Waals surface area (Å²) in [5, 5.41) is 20.4. The third-order valence-corrected chi connectivity index (χ3v) is 5.17. The first kappa shape index (κ1) is 22.1. The highest BCUT2D eigenvalue weighted by atomic mass is 79.9. The van der Waals surface area contributed by atoms with E-state index in [0.717, 1.165) is 11.1 Å². The average molecular weight is 479 g/mol. The highest BCUT2D eigenvalue weighted by Gasteiger charge is 2.13. The SMILES string of the molecule is COc1cc(/C=C(/C#N)c2ccc([N+](=O)[O-])cc2)cc(Br)c1OCc1ccc(C)cc1. The van der Waals surface area contributed by atoms with E-state index in [9.17, 15) is 15.4 Å². The maximum Gasteiger partial charge on any atom is 0.269 e. The van der Waals surface area contributed by atoms with Crippen LogP contribution in [0.25, 0.3) is 11.6 Å². The summed E-state index contributed by atoms with van der Waals surface area (Å²) < 4.78 is 12.2. The van der Waals surface area contributed by atoms with Crippen LogP contribution in [0.15, 0.2) is 65.1 Å². The summed E-state index contributed by atoms with van der Waals surface area (Å²) in [7, 11) is 1.55. The molecule has 0 aliphatic heterocycles. The van der Waals surface area contributed by atoms with Crippen LogP contribution in [-0.4, -0.2) is 12.0 Å². The summed E-state index contributed by atoms with van der Waals surface area (Å²) in [6.45, 7) is 2.42. The van der Waals surface area contributed by atoms with Crippen molar-refractivity contribution in [1.29, 1.82) is 5.26 Å². The smallest absolute Gasteiger partial charge is 0.269 e. The number of non-ortho nitro benzene ring substituents is 1. The molecule has 0 amide bonds. The molecule has 0 saturated carbocycles. The third-order valence-electron chi connectivity index (χ3n) is 4.58. The van der Waals surface area contributed by atoms with E-state index in [-0.39, 0.29) is 5.69 Å². The monoisotopic (exact) mass is 478 g/mol. The number of hydrogen-bond acceptors (Lipinski definition) is 5. The molecular formula is C24H19BrN2O4. The van der Waals surface area contributed by atoms with E-state index in [2.05, 4.69) is 22.0 Å². The molecule has 0 bridgehead atoms. The van der Waals surface area contributed by atoms with E-state index >= 15 is 0 Å². The molecule has 0 unspecified atom stereocenters. The van der Waals surface area contributed by atoms with Gasteiger partial charge in [0, 0.05) is 12.1 Å². The molecule has 3 aromatic carbocycles. The fraction of sp³-hybridized carbons (Fsp3) is 0.125. The first-order valence-electron chi connectivity index (χ1n) is 9.33. The lowest BCUT2D eigenvalue weighted by Crippen LogP contribution is -1.99. The first-order chi connectivity index (χ1) is 14.9. The van der Waals surface area contributed by atoms with Crippen LogP contribution in [-0.2, 0) is 6.61 Å². The number of allylic oxidation sites excluding steroid dienone is 1. The Hall–Kier alpha value is -3.63. The summed E-state index contributed by atoms with van der Waals surface area (Å²) >= 11 is 3.53. The van der Waals surface area contributed by atoms with Gasteiger partial charge in [0.05, 0.1) is 28.1 Å². The van der Waals surface area contributed by atoms with Gasteiger partial charge in [-0.1, -0.05) is 29.8 Å². The van der Waals surface area contributed by atoms with Crippen molar-refractivity contribution in [2.75, 3.05) is 7.11 Å². The fourth-order valence-electron chi connectivity index (χ4n) is 2.91. The molecular weight excluding hydrogens is 460 g/mol. The van der Waals surface area contributed by atoms with Crippen molar-refractivity contribution in [3.05, 3.63) is 97.5 Å². The maximum absolute atomic E-state index is 10.8. The van der Waals surface area contributed by atoms with E-state index in [4.69, 9.17) is 9.47 Å². The maximum atomic E-state index is 10.8. The van der Waals surface area contributed by atoms with Crippen LogP contribution >= 0.6 is 15.9 Å². The minimum Gasteiger partial charge on any atom is -0.493 e. The number of benzene rings is 3. The van der Waals surface area contributed by atoms with Crippen LogP contribution in [0.1, 0.15) is 22.3 Å². The lowest BCUT2D eigenvalue weighted by Gasteiger charge is -2.14. The van der Waals surface area contributed by atoms with Gasteiger partial charge in [-0.15, -0.1) is 0 Å². The van der Waals surface area contributed by atoms with Gasteiger partial charge >= 0.3 is 0 Å². The van der Waals surface area contributed by atoms with Gasteiger partial charge in [-0.3, -0.25) is 10.1 Å². The molecule has 0 heterocycles. The molecule has 31 heavy (non-hydrogen) atoms. The summed E-state index contributed by atoms with van der Waals surface area (Å²) in [5.41, 5.74) is 3.87. The predicted octanol–water partition coefficient (Wildman–Crippen LogP) is 6.32. The second kappa shape index (κ2) is 9.92. The van der Waals surface area contributed by atoms with Crippen molar-refractivity contribution in [2.45, 2.75) is 13.5 Å². The summed E-state index contributed by atoms with van der Waals surface area (Å²) in [4.78, 5) is 10.4. The fourth-order valence-corrected chi connectivity index (χ4v) is 3.49.